The first-order valence-electron chi connectivity index (χ1n) is 15.0. The Balaban J connectivity index is 1.15. The number of rotatable bonds is 9. The van der Waals surface area contributed by atoms with Crippen LogP contribution in [-0.4, -0.2) is 104 Å². The Bertz CT molecular complexity index is 1370. The second kappa shape index (κ2) is 13.1. The number of nitrogens with zero attached hydrogens (tertiary/aromatic N) is 6. The number of hydrogen-bond donors (Lipinski definition) is 2. The van der Waals surface area contributed by atoms with Crippen LogP contribution in [0.25, 0.3) is 11.4 Å². The van der Waals surface area contributed by atoms with Crippen molar-refractivity contribution in [2.45, 2.75) is 37.9 Å². The summed E-state index contributed by atoms with van der Waals surface area (Å²) in [5, 5.41) is 5.76. The minimum Gasteiger partial charge on any atom is -0.492 e. The van der Waals surface area contributed by atoms with E-state index in [-0.39, 0.29) is 24.2 Å². The average molecular weight is 589 g/mol. The number of fused-ring (bicyclic) bond motifs is 2. The van der Waals surface area contributed by atoms with E-state index in [2.05, 4.69) is 32.3 Å². The molecule has 4 heterocycles. The molecule has 0 aliphatic carbocycles. The number of likely N-dealkylation sites (N-methyl/N-ethyl adjacent to an activating group) is 1. The number of aromatic nitrogens is 3. The van der Waals surface area contributed by atoms with Crippen LogP contribution in [0.15, 0.2) is 48.5 Å². The molecule has 3 fully saturated rings. The molecular formula is C31H40N8O4. The molecule has 228 valence electrons. The monoisotopic (exact) mass is 588 g/mol. The molecule has 2 bridgehead atoms. The van der Waals surface area contributed by atoms with Crippen LogP contribution in [0.2, 0.25) is 0 Å². The van der Waals surface area contributed by atoms with E-state index in [1.807, 2.05) is 62.6 Å². The number of benzene rings is 2. The van der Waals surface area contributed by atoms with Gasteiger partial charge in [-0.15, -0.1) is 0 Å². The minimum atomic E-state index is -0.331. The number of amides is 2. The van der Waals surface area contributed by atoms with Crippen molar-refractivity contribution in [1.29, 1.82) is 0 Å². The minimum absolute atomic E-state index is 0.162. The maximum absolute atomic E-state index is 12.7. The highest BCUT2D eigenvalue weighted by atomic mass is 16.5. The SMILES string of the molecule is C[C@@H]1COCCN1c1nc(-c2ccc(NC(=O)Nc3ccc(OCCN(C)C)cc3)cc2)nc(N2C3CCC2COC3)n1. The Labute approximate surface area is 252 Å². The first kappa shape index (κ1) is 29.1. The summed E-state index contributed by atoms with van der Waals surface area (Å²) in [4.78, 5) is 34.1. The van der Waals surface area contributed by atoms with E-state index < -0.39 is 0 Å². The van der Waals surface area contributed by atoms with Gasteiger partial charge in [0.05, 0.1) is 44.6 Å². The van der Waals surface area contributed by atoms with Crippen molar-refractivity contribution in [3.8, 4) is 17.1 Å². The third kappa shape index (κ3) is 6.98. The zero-order valence-corrected chi connectivity index (χ0v) is 25.0. The molecule has 3 aliphatic heterocycles. The number of carbonyl (C=O) groups excluding carboxylic acids is 1. The third-order valence-corrected chi connectivity index (χ3v) is 8.03. The second-order valence-electron chi connectivity index (χ2n) is 11.5. The predicted octanol–water partition coefficient (Wildman–Crippen LogP) is 3.72. The standard InChI is InChI=1S/C31H40N8O4/c1-21-18-41-16-15-38(21)29-34-28(35-30(36-29)39-25-10-11-26(39)20-42-19-25)22-4-6-23(7-5-22)32-31(40)33-24-8-12-27(13-9-24)43-17-14-37(2)3/h4-9,12-13,21,25-26H,10-11,14-20H2,1-3H3,(H2,32,33,40)/t21-,25?,26?/m1/s1. The molecule has 2 unspecified atom stereocenters. The van der Waals surface area contributed by atoms with E-state index in [0.29, 0.717) is 62.1 Å². The van der Waals surface area contributed by atoms with Crippen LogP contribution in [0, 0.1) is 0 Å². The van der Waals surface area contributed by atoms with Crippen LogP contribution in [0.5, 0.6) is 5.75 Å². The van der Waals surface area contributed by atoms with Crippen molar-refractivity contribution in [3.05, 3.63) is 48.5 Å². The first-order chi connectivity index (χ1) is 20.9. The topological polar surface area (TPSA) is 117 Å². The zero-order valence-electron chi connectivity index (χ0n) is 25.0. The molecule has 6 rings (SSSR count). The van der Waals surface area contributed by atoms with E-state index in [4.69, 9.17) is 29.2 Å². The highest BCUT2D eigenvalue weighted by Crippen LogP contribution is 2.34. The molecule has 0 radical (unpaired) electrons. The van der Waals surface area contributed by atoms with Gasteiger partial charge in [0.1, 0.15) is 12.4 Å². The molecule has 3 aliphatic rings. The molecule has 2 N–H and O–H groups in total. The van der Waals surface area contributed by atoms with Gasteiger partial charge in [0.15, 0.2) is 5.82 Å². The summed E-state index contributed by atoms with van der Waals surface area (Å²) < 4.78 is 17.2. The van der Waals surface area contributed by atoms with Crippen LogP contribution in [-0.2, 0) is 9.47 Å². The first-order valence-corrected chi connectivity index (χ1v) is 15.0. The lowest BCUT2D eigenvalue weighted by atomic mass is 10.2. The average Bonchev–Trinajstić information content (AvgIpc) is 3.26. The fraction of sp³-hybridized carbons (Fsp3) is 0.484. The van der Waals surface area contributed by atoms with E-state index in [9.17, 15) is 4.79 Å². The highest BCUT2D eigenvalue weighted by Gasteiger charge is 2.39. The second-order valence-corrected chi connectivity index (χ2v) is 11.5. The van der Waals surface area contributed by atoms with E-state index in [0.717, 1.165) is 37.2 Å². The van der Waals surface area contributed by atoms with Gasteiger partial charge in [0.2, 0.25) is 11.9 Å². The number of carbonyl (C=O) groups is 1. The predicted molar refractivity (Wildman–Crippen MR) is 166 cm³/mol. The fourth-order valence-corrected chi connectivity index (χ4v) is 5.68. The quantitative estimate of drug-likeness (QED) is 0.383. The lowest BCUT2D eigenvalue weighted by molar-refractivity contribution is 0.0895. The van der Waals surface area contributed by atoms with Crippen molar-refractivity contribution in [2.75, 3.05) is 80.7 Å². The van der Waals surface area contributed by atoms with Crippen LogP contribution in [0.4, 0.5) is 28.1 Å². The van der Waals surface area contributed by atoms with Gasteiger partial charge >= 0.3 is 6.03 Å². The molecule has 1 aromatic heterocycles. The zero-order chi connectivity index (χ0) is 29.8. The van der Waals surface area contributed by atoms with Crippen LogP contribution >= 0.6 is 0 Å². The summed E-state index contributed by atoms with van der Waals surface area (Å²) in [5.74, 6) is 2.73. The summed E-state index contributed by atoms with van der Waals surface area (Å²) in [7, 11) is 4.01. The molecular weight excluding hydrogens is 548 g/mol. The van der Waals surface area contributed by atoms with Crippen molar-refractivity contribution < 1.29 is 19.0 Å². The van der Waals surface area contributed by atoms with Crippen molar-refractivity contribution in [1.82, 2.24) is 19.9 Å². The molecule has 3 aromatic rings. The van der Waals surface area contributed by atoms with E-state index in [1.54, 1.807) is 0 Å². The molecule has 12 heteroatoms. The summed E-state index contributed by atoms with van der Waals surface area (Å²) >= 11 is 0. The van der Waals surface area contributed by atoms with E-state index in [1.165, 1.54) is 0 Å². The molecule has 3 atom stereocenters. The summed E-state index contributed by atoms with van der Waals surface area (Å²) in [6.45, 7) is 6.94. The molecule has 43 heavy (non-hydrogen) atoms. The smallest absolute Gasteiger partial charge is 0.323 e. The Morgan fingerprint density at radius 2 is 1.56 bits per heavy atom. The van der Waals surface area contributed by atoms with Gasteiger partial charge in [-0.1, -0.05) is 0 Å². The maximum atomic E-state index is 12.7. The van der Waals surface area contributed by atoms with Gasteiger partial charge in [-0.25, -0.2) is 4.79 Å². The van der Waals surface area contributed by atoms with Gasteiger partial charge in [0, 0.05) is 30.0 Å². The largest absolute Gasteiger partial charge is 0.492 e. The number of ether oxygens (including phenoxy) is 3. The number of anilines is 4. The molecule has 0 saturated carbocycles. The van der Waals surface area contributed by atoms with Crippen LogP contribution in [0.3, 0.4) is 0 Å². The maximum Gasteiger partial charge on any atom is 0.323 e. The third-order valence-electron chi connectivity index (χ3n) is 8.03. The van der Waals surface area contributed by atoms with Crippen LogP contribution in [0.1, 0.15) is 19.8 Å². The Kier molecular flexibility index (Phi) is 8.87. The number of morpholine rings is 2. The Morgan fingerprint density at radius 1 is 0.907 bits per heavy atom. The lowest BCUT2D eigenvalue weighted by Crippen LogP contribution is -2.48. The number of urea groups is 1. The van der Waals surface area contributed by atoms with Crippen molar-refractivity contribution in [3.63, 3.8) is 0 Å². The van der Waals surface area contributed by atoms with Gasteiger partial charge in [0.25, 0.3) is 0 Å². The Hall–Kier alpha value is -4.00. The summed E-state index contributed by atoms with van der Waals surface area (Å²) in [6, 6.07) is 15.3. The highest BCUT2D eigenvalue weighted by molar-refractivity contribution is 5.99. The van der Waals surface area contributed by atoms with Gasteiger partial charge in [-0.05, 0) is 82.4 Å². The molecule has 12 nitrogen and oxygen atoms in total. The Morgan fingerprint density at radius 3 is 2.21 bits per heavy atom. The summed E-state index contributed by atoms with van der Waals surface area (Å²) in [5.41, 5.74) is 2.18. The van der Waals surface area contributed by atoms with Gasteiger partial charge in [-0.3, -0.25) is 0 Å². The summed E-state index contributed by atoms with van der Waals surface area (Å²) in [6.07, 6.45) is 2.15. The fourth-order valence-electron chi connectivity index (χ4n) is 5.68. The van der Waals surface area contributed by atoms with Crippen molar-refractivity contribution in [2.24, 2.45) is 0 Å². The normalized spacial score (nSPS) is 21.6. The number of nitrogens with one attached hydrogen (secondary N) is 2. The molecule has 3 saturated heterocycles. The molecule has 2 amide bonds. The van der Waals surface area contributed by atoms with Gasteiger partial charge < -0.3 is 39.5 Å². The van der Waals surface area contributed by atoms with E-state index >= 15 is 0 Å². The van der Waals surface area contributed by atoms with Crippen molar-refractivity contribution >= 4 is 29.3 Å². The lowest BCUT2D eigenvalue weighted by Gasteiger charge is -2.36. The van der Waals surface area contributed by atoms with Crippen LogP contribution < -0.4 is 25.2 Å². The molecule has 0 spiro atoms. The number of hydrogen-bond acceptors (Lipinski definition) is 10. The molecule has 2 aromatic carbocycles. The van der Waals surface area contributed by atoms with Gasteiger partial charge in [-0.2, -0.15) is 15.0 Å².